The highest BCUT2D eigenvalue weighted by Gasteiger charge is 2.46. The van der Waals surface area contributed by atoms with Crippen molar-refractivity contribution < 1.29 is 4.42 Å². The zero-order valence-corrected chi connectivity index (χ0v) is 30.3. The van der Waals surface area contributed by atoms with Gasteiger partial charge in [0.15, 0.2) is 17.5 Å². The zero-order valence-electron chi connectivity index (χ0n) is 30.3. The first-order chi connectivity index (χ1) is 27.8. The summed E-state index contributed by atoms with van der Waals surface area (Å²) >= 11 is 0. The fraction of sp³-hybridized carbons (Fsp3) is 0.0192. The lowest BCUT2D eigenvalue weighted by Crippen LogP contribution is -2.28. The van der Waals surface area contributed by atoms with Gasteiger partial charge in [0.2, 0.25) is 0 Å². The van der Waals surface area contributed by atoms with Gasteiger partial charge in [0.25, 0.3) is 0 Å². The highest BCUT2D eigenvalue weighted by molar-refractivity contribution is 6.12. The lowest BCUT2D eigenvalue weighted by Gasteiger charge is -2.34. The van der Waals surface area contributed by atoms with E-state index in [0.717, 1.165) is 44.2 Å². The molecule has 262 valence electrons. The molecule has 0 aliphatic heterocycles. The summed E-state index contributed by atoms with van der Waals surface area (Å²) in [5.41, 5.74) is 13.5. The number of hydrogen-bond donors (Lipinski definition) is 0. The van der Waals surface area contributed by atoms with Crippen molar-refractivity contribution >= 4 is 21.9 Å². The van der Waals surface area contributed by atoms with Crippen molar-refractivity contribution in [2.45, 2.75) is 5.41 Å². The van der Waals surface area contributed by atoms with Crippen LogP contribution in [-0.4, -0.2) is 15.0 Å². The highest BCUT2D eigenvalue weighted by atomic mass is 16.3. The molecule has 0 unspecified atom stereocenters. The average molecular weight is 716 g/mol. The molecule has 2 heterocycles. The highest BCUT2D eigenvalue weighted by Crippen LogP contribution is 2.56. The van der Waals surface area contributed by atoms with Gasteiger partial charge in [0.1, 0.15) is 11.2 Å². The summed E-state index contributed by atoms with van der Waals surface area (Å²) in [5.74, 6) is 1.84. The maximum Gasteiger partial charge on any atom is 0.164 e. The molecule has 0 spiro atoms. The van der Waals surface area contributed by atoms with Gasteiger partial charge in [0.05, 0.1) is 5.41 Å². The Hall–Kier alpha value is -7.43. The standard InChI is InChI=1S/C52H33N3O/c1-4-15-34(16-5-1)35-27-29-38(30-28-35)52(44-24-12-10-21-40(44)41-22-11-13-25-45(41)52)39-31-32-46-43(33-39)48-42(23-14-26-47(48)56-46)51-54-49(36-17-6-2-7-18-36)53-50(55-51)37-19-8-3-9-20-37/h1-33H. The topological polar surface area (TPSA) is 51.8 Å². The number of hydrogen-bond acceptors (Lipinski definition) is 4. The second-order valence-electron chi connectivity index (χ2n) is 14.3. The summed E-state index contributed by atoms with van der Waals surface area (Å²) in [7, 11) is 0. The number of furan rings is 1. The van der Waals surface area contributed by atoms with E-state index in [1.54, 1.807) is 0 Å². The molecule has 0 radical (unpaired) electrons. The summed E-state index contributed by atoms with van der Waals surface area (Å²) in [6, 6.07) is 70.5. The smallest absolute Gasteiger partial charge is 0.164 e. The molecule has 4 heteroatoms. The SMILES string of the molecule is c1ccc(-c2ccc(C3(c4ccc5oc6cccc(-c7nc(-c8ccccc8)nc(-c8ccccc8)n7)c6c5c4)c4ccccc4-c4ccccc43)cc2)cc1. The number of nitrogens with zero attached hydrogens (tertiary/aromatic N) is 3. The third-order valence-electron chi connectivity index (χ3n) is 11.2. The van der Waals surface area contributed by atoms with E-state index in [1.165, 1.54) is 38.9 Å². The lowest BCUT2D eigenvalue weighted by molar-refractivity contribution is 0.668. The van der Waals surface area contributed by atoms with Crippen molar-refractivity contribution in [2.24, 2.45) is 0 Å². The molecule has 0 saturated carbocycles. The van der Waals surface area contributed by atoms with Crippen molar-refractivity contribution in [3.63, 3.8) is 0 Å². The van der Waals surface area contributed by atoms with Crippen LogP contribution in [0.25, 0.3) is 78.4 Å². The molecule has 11 rings (SSSR count). The molecule has 0 saturated heterocycles. The quantitative estimate of drug-likeness (QED) is 0.172. The third-order valence-corrected chi connectivity index (χ3v) is 11.2. The Morgan fingerprint density at radius 3 is 1.43 bits per heavy atom. The molecule has 4 nitrogen and oxygen atoms in total. The van der Waals surface area contributed by atoms with Gasteiger partial charge in [-0.3, -0.25) is 0 Å². The Bertz CT molecular complexity index is 2960. The first kappa shape index (κ1) is 32.0. The maximum absolute atomic E-state index is 6.63. The van der Waals surface area contributed by atoms with Crippen molar-refractivity contribution in [1.29, 1.82) is 0 Å². The van der Waals surface area contributed by atoms with E-state index in [9.17, 15) is 0 Å². The van der Waals surface area contributed by atoms with E-state index < -0.39 is 5.41 Å². The van der Waals surface area contributed by atoms with E-state index in [0.29, 0.717) is 17.5 Å². The van der Waals surface area contributed by atoms with Crippen molar-refractivity contribution in [2.75, 3.05) is 0 Å². The van der Waals surface area contributed by atoms with Gasteiger partial charge in [0, 0.05) is 27.5 Å². The fourth-order valence-corrected chi connectivity index (χ4v) is 8.74. The van der Waals surface area contributed by atoms with Crippen LogP contribution in [0, 0.1) is 0 Å². The summed E-state index contributed by atoms with van der Waals surface area (Å²) in [4.78, 5) is 15.2. The molecule has 0 amide bonds. The molecule has 1 aliphatic rings. The first-order valence-electron chi connectivity index (χ1n) is 18.9. The monoisotopic (exact) mass is 715 g/mol. The summed E-state index contributed by atoms with van der Waals surface area (Å²) in [6.45, 7) is 0. The Balaban J connectivity index is 1.17. The van der Waals surface area contributed by atoms with Crippen LogP contribution in [0.2, 0.25) is 0 Å². The zero-order chi connectivity index (χ0) is 37.1. The van der Waals surface area contributed by atoms with Crippen LogP contribution < -0.4 is 0 Å². The molecule has 0 N–H and O–H groups in total. The van der Waals surface area contributed by atoms with Crippen LogP contribution in [0.15, 0.2) is 205 Å². The predicted molar refractivity (Wildman–Crippen MR) is 226 cm³/mol. The molecule has 0 bridgehead atoms. The largest absolute Gasteiger partial charge is 0.456 e. The molecule has 10 aromatic rings. The van der Waals surface area contributed by atoms with Gasteiger partial charge in [-0.05, 0) is 62.7 Å². The predicted octanol–water partition coefficient (Wildman–Crippen LogP) is 12.8. The summed E-state index contributed by atoms with van der Waals surface area (Å²) < 4.78 is 6.63. The van der Waals surface area contributed by atoms with Gasteiger partial charge in [-0.2, -0.15) is 0 Å². The van der Waals surface area contributed by atoms with E-state index >= 15 is 0 Å². The molecule has 8 aromatic carbocycles. The van der Waals surface area contributed by atoms with Crippen LogP contribution in [0.1, 0.15) is 22.3 Å². The molecule has 2 aromatic heterocycles. The lowest BCUT2D eigenvalue weighted by atomic mass is 9.67. The Morgan fingerprint density at radius 1 is 0.339 bits per heavy atom. The number of fused-ring (bicyclic) bond motifs is 6. The Kier molecular flexibility index (Phi) is 7.36. The third kappa shape index (κ3) is 4.96. The molecule has 56 heavy (non-hydrogen) atoms. The summed E-state index contributed by atoms with van der Waals surface area (Å²) in [5, 5.41) is 1.99. The van der Waals surface area contributed by atoms with Gasteiger partial charge >= 0.3 is 0 Å². The normalized spacial score (nSPS) is 12.8. The van der Waals surface area contributed by atoms with Gasteiger partial charge in [-0.25, -0.2) is 15.0 Å². The van der Waals surface area contributed by atoms with E-state index in [-0.39, 0.29) is 0 Å². The van der Waals surface area contributed by atoms with Crippen LogP contribution in [0.5, 0.6) is 0 Å². The van der Waals surface area contributed by atoms with Crippen molar-refractivity contribution in [3.8, 4) is 56.4 Å². The second kappa shape index (κ2) is 12.9. The molecular formula is C52H33N3O. The van der Waals surface area contributed by atoms with Gasteiger partial charge < -0.3 is 4.42 Å². The molecule has 0 fully saturated rings. The average Bonchev–Trinajstić information content (AvgIpc) is 3.81. The number of benzene rings is 8. The van der Waals surface area contributed by atoms with Crippen LogP contribution in [0.4, 0.5) is 0 Å². The van der Waals surface area contributed by atoms with Crippen LogP contribution >= 0.6 is 0 Å². The van der Waals surface area contributed by atoms with Gasteiger partial charge in [-0.15, -0.1) is 0 Å². The fourth-order valence-electron chi connectivity index (χ4n) is 8.74. The minimum atomic E-state index is -0.580. The Morgan fingerprint density at radius 2 is 0.821 bits per heavy atom. The van der Waals surface area contributed by atoms with Crippen molar-refractivity contribution in [1.82, 2.24) is 15.0 Å². The van der Waals surface area contributed by atoms with E-state index in [1.807, 2.05) is 72.8 Å². The van der Waals surface area contributed by atoms with Crippen LogP contribution in [-0.2, 0) is 5.41 Å². The molecular weight excluding hydrogens is 683 g/mol. The summed E-state index contributed by atoms with van der Waals surface area (Å²) in [6.07, 6.45) is 0. The molecule has 1 aliphatic carbocycles. The maximum atomic E-state index is 6.63. The number of aromatic nitrogens is 3. The first-order valence-corrected chi connectivity index (χ1v) is 18.9. The number of rotatable bonds is 6. The van der Waals surface area contributed by atoms with E-state index in [4.69, 9.17) is 19.4 Å². The van der Waals surface area contributed by atoms with Crippen molar-refractivity contribution in [3.05, 3.63) is 222 Å². The minimum Gasteiger partial charge on any atom is -0.456 e. The molecule has 0 atom stereocenters. The van der Waals surface area contributed by atoms with Gasteiger partial charge in [-0.1, -0.05) is 182 Å². The van der Waals surface area contributed by atoms with Crippen LogP contribution in [0.3, 0.4) is 0 Å². The van der Waals surface area contributed by atoms with E-state index in [2.05, 4.69) is 127 Å². The Labute approximate surface area is 324 Å². The minimum absolute atomic E-state index is 0.580. The second-order valence-corrected chi connectivity index (χ2v) is 14.3.